The fraction of sp³-hybridized carbons (Fsp3) is 0.684. The number of hydrogen-bond donors (Lipinski definition) is 0. The predicted octanol–water partition coefficient (Wildman–Crippen LogP) is 9.21. The summed E-state index contributed by atoms with van der Waals surface area (Å²) < 4.78 is 16.0. The first-order chi connectivity index (χ1) is 20.1. The second-order valence-corrected chi connectivity index (χ2v) is 22.2. The van der Waals surface area contributed by atoms with Gasteiger partial charge in [0.25, 0.3) is 0 Å². The summed E-state index contributed by atoms with van der Waals surface area (Å²) in [6, 6.07) is 20.8. The number of hydrogen-bond acceptors (Lipinski definition) is 1. The van der Waals surface area contributed by atoms with Crippen molar-refractivity contribution in [1.82, 2.24) is 4.31 Å². The quantitative estimate of drug-likeness (QED) is 0.290. The van der Waals surface area contributed by atoms with Crippen molar-refractivity contribution in [2.75, 3.05) is 7.05 Å². The van der Waals surface area contributed by atoms with Crippen molar-refractivity contribution in [1.29, 1.82) is 0 Å². The molecule has 2 aromatic rings. The normalized spacial score (nSPS) is 40.4. The van der Waals surface area contributed by atoms with Crippen LogP contribution >= 0.6 is 7.92 Å². The maximum atomic E-state index is 14.1. The zero-order valence-corrected chi connectivity index (χ0v) is 28.1. The summed E-state index contributed by atoms with van der Waals surface area (Å²) in [6.07, 6.45) is 18.1. The summed E-state index contributed by atoms with van der Waals surface area (Å²) >= 11 is 0. The van der Waals surface area contributed by atoms with Crippen LogP contribution in [0.4, 0.5) is 0 Å². The van der Waals surface area contributed by atoms with Gasteiger partial charge in [0.15, 0.2) is 0 Å². The Kier molecular flexibility index (Phi) is 6.94. The van der Waals surface area contributed by atoms with E-state index in [0.717, 1.165) is 35.5 Å². The number of benzene rings is 2. The van der Waals surface area contributed by atoms with Crippen molar-refractivity contribution in [3.05, 3.63) is 65.7 Å². The Bertz CT molecular complexity index is 1230. The second kappa shape index (κ2) is 10.3. The Morgan fingerprint density at radius 3 is 1.52 bits per heavy atom. The van der Waals surface area contributed by atoms with Gasteiger partial charge in [-0.25, -0.2) is 8.51 Å². The van der Waals surface area contributed by atoms with Gasteiger partial charge in [0.1, 0.15) is 11.0 Å². The average molecular weight is 602 g/mol. The minimum Gasteiger partial charge on any atom is -0.242 e. The molecule has 0 N–H and O–H groups in total. The van der Waals surface area contributed by atoms with Gasteiger partial charge in [0.05, 0.1) is 10.8 Å². The maximum absolute atomic E-state index is 14.1. The Morgan fingerprint density at radius 1 is 0.690 bits per heavy atom. The first-order valence-electron chi connectivity index (χ1n) is 17.2. The standard InChI is InChI=1S/C38H52NOPS/c1-36(2,3)42(40)39(4)35(32-10-6-5-7-11-32)33-12-8-9-13-34(33)41(37-20-26-14-27(21-37)16-28(15-26)22-37)38-23-29-17-30(24-38)19-31(18-29)25-38/h5-13,26-31,35H,14-25H2,1-4H3. The van der Waals surface area contributed by atoms with E-state index >= 15 is 0 Å². The Balaban J connectivity index is 1.32. The number of rotatable bonds is 7. The molecule has 0 amide bonds. The minimum absolute atomic E-state index is 0.00952. The van der Waals surface area contributed by atoms with Gasteiger partial charge in [-0.15, -0.1) is 0 Å². The van der Waals surface area contributed by atoms with Gasteiger partial charge < -0.3 is 0 Å². The van der Waals surface area contributed by atoms with Crippen molar-refractivity contribution < 1.29 is 4.21 Å². The molecule has 2 unspecified atom stereocenters. The summed E-state index contributed by atoms with van der Waals surface area (Å²) in [5.74, 6) is 5.85. The molecule has 0 aromatic heterocycles. The predicted molar refractivity (Wildman–Crippen MR) is 179 cm³/mol. The van der Waals surface area contributed by atoms with Gasteiger partial charge in [-0.2, -0.15) is 0 Å². The topological polar surface area (TPSA) is 20.3 Å². The van der Waals surface area contributed by atoms with E-state index in [0.29, 0.717) is 10.3 Å². The van der Waals surface area contributed by atoms with E-state index in [4.69, 9.17) is 0 Å². The van der Waals surface area contributed by atoms with E-state index in [1.807, 2.05) is 0 Å². The van der Waals surface area contributed by atoms with E-state index in [2.05, 4.69) is 86.7 Å². The largest absolute Gasteiger partial charge is 0.242 e. The van der Waals surface area contributed by atoms with E-state index in [-0.39, 0.29) is 18.7 Å². The lowest BCUT2D eigenvalue weighted by molar-refractivity contribution is 0.0195. The second-order valence-electron chi connectivity index (χ2n) is 16.9. The number of nitrogens with zero attached hydrogens (tertiary/aromatic N) is 1. The molecule has 8 fully saturated rings. The molecule has 226 valence electrons. The van der Waals surface area contributed by atoms with Gasteiger partial charge in [-0.3, -0.25) is 0 Å². The summed E-state index contributed by atoms with van der Waals surface area (Å²) in [5.41, 5.74) is 2.76. The van der Waals surface area contributed by atoms with Crippen LogP contribution in [0.15, 0.2) is 54.6 Å². The van der Waals surface area contributed by atoms with Crippen molar-refractivity contribution in [3.8, 4) is 0 Å². The van der Waals surface area contributed by atoms with E-state index in [9.17, 15) is 4.21 Å². The highest BCUT2D eigenvalue weighted by molar-refractivity contribution is 7.84. The first-order valence-corrected chi connectivity index (χ1v) is 19.7. The van der Waals surface area contributed by atoms with Crippen LogP contribution < -0.4 is 5.30 Å². The van der Waals surface area contributed by atoms with Gasteiger partial charge in [-0.05, 0) is 160 Å². The molecule has 0 spiro atoms. The molecular formula is C38H52NOPS. The minimum atomic E-state index is -1.11. The molecule has 8 aliphatic carbocycles. The van der Waals surface area contributed by atoms with Crippen LogP contribution in [0.1, 0.15) is 115 Å². The van der Waals surface area contributed by atoms with E-state index in [1.165, 1.54) is 88.2 Å². The van der Waals surface area contributed by atoms with Gasteiger partial charge in [0, 0.05) is 7.05 Å². The van der Waals surface area contributed by atoms with Gasteiger partial charge in [0.2, 0.25) is 0 Å². The lowest BCUT2D eigenvalue weighted by Crippen LogP contribution is -2.58. The Morgan fingerprint density at radius 2 is 1.10 bits per heavy atom. The van der Waals surface area contributed by atoms with Crippen LogP contribution in [-0.4, -0.2) is 30.6 Å². The third kappa shape index (κ3) is 4.65. The fourth-order valence-electron chi connectivity index (χ4n) is 12.4. The first kappa shape index (κ1) is 28.5. The van der Waals surface area contributed by atoms with E-state index in [1.54, 1.807) is 5.30 Å². The molecule has 0 aliphatic heterocycles. The molecule has 42 heavy (non-hydrogen) atoms. The highest BCUT2D eigenvalue weighted by Crippen LogP contribution is 2.78. The molecule has 0 radical (unpaired) electrons. The monoisotopic (exact) mass is 601 g/mol. The van der Waals surface area contributed by atoms with Gasteiger partial charge in [-0.1, -0.05) is 62.5 Å². The average Bonchev–Trinajstić information content (AvgIpc) is 2.92. The van der Waals surface area contributed by atoms with Crippen LogP contribution in [0.2, 0.25) is 0 Å². The summed E-state index contributed by atoms with van der Waals surface area (Å²) in [6.45, 7) is 6.39. The highest BCUT2D eigenvalue weighted by atomic mass is 32.2. The third-order valence-corrected chi connectivity index (χ3v) is 18.4. The molecule has 8 saturated carbocycles. The lowest BCUT2D eigenvalue weighted by Gasteiger charge is -2.67. The molecule has 10 rings (SSSR count). The van der Waals surface area contributed by atoms with Crippen LogP contribution in [0.5, 0.6) is 0 Å². The van der Waals surface area contributed by atoms with Gasteiger partial charge >= 0.3 is 0 Å². The Labute approximate surface area is 259 Å². The molecule has 2 nitrogen and oxygen atoms in total. The smallest absolute Gasteiger partial charge is 0.100 e. The van der Waals surface area contributed by atoms with Crippen molar-refractivity contribution in [3.63, 3.8) is 0 Å². The highest BCUT2D eigenvalue weighted by Gasteiger charge is 2.63. The molecule has 0 heterocycles. The summed E-state index contributed by atoms with van der Waals surface area (Å²) in [4.78, 5) is 0. The Hall–Kier alpha value is -1.02. The zero-order valence-electron chi connectivity index (χ0n) is 26.4. The lowest BCUT2D eigenvalue weighted by atomic mass is 9.55. The van der Waals surface area contributed by atoms with E-state index < -0.39 is 11.0 Å². The molecule has 2 atom stereocenters. The molecule has 2 aromatic carbocycles. The van der Waals surface area contributed by atoms with Crippen LogP contribution in [-0.2, 0) is 11.0 Å². The maximum Gasteiger partial charge on any atom is 0.100 e. The van der Waals surface area contributed by atoms with Crippen LogP contribution in [0.3, 0.4) is 0 Å². The summed E-state index contributed by atoms with van der Waals surface area (Å²) in [7, 11) is 0.673. The zero-order chi connectivity index (χ0) is 28.9. The molecule has 8 bridgehead atoms. The molecule has 0 saturated heterocycles. The molecule has 8 aliphatic rings. The van der Waals surface area contributed by atoms with Crippen molar-refractivity contribution >= 4 is 24.2 Å². The third-order valence-electron chi connectivity index (χ3n) is 12.7. The van der Waals surface area contributed by atoms with Crippen molar-refractivity contribution in [2.45, 2.75) is 119 Å². The van der Waals surface area contributed by atoms with Crippen LogP contribution in [0.25, 0.3) is 0 Å². The molecule has 4 heteroatoms. The van der Waals surface area contributed by atoms with Crippen molar-refractivity contribution in [2.24, 2.45) is 35.5 Å². The molecular weight excluding hydrogens is 549 g/mol. The summed E-state index contributed by atoms with van der Waals surface area (Å²) in [5, 5.41) is 2.76. The van der Waals surface area contributed by atoms with Crippen LogP contribution in [0, 0.1) is 35.5 Å². The fourth-order valence-corrected chi connectivity index (χ4v) is 19.0. The SMILES string of the molecule is CN(C(c1ccccc1)c1ccccc1P(C12CC3CC(CC(C3)C1)C2)C12CC3CC(CC(C3)C1)C2)S(=O)C(C)(C)C.